The van der Waals surface area contributed by atoms with E-state index in [4.69, 9.17) is 9.26 Å². The first-order chi connectivity index (χ1) is 16.3. The molecule has 1 aliphatic carbocycles. The van der Waals surface area contributed by atoms with Crippen molar-refractivity contribution in [1.29, 1.82) is 0 Å². The molecule has 10 heteroatoms. The third kappa shape index (κ3) is 7.17. The van der Waals surface area contributed by atoms with Crippen LogP contribution < -0.4 is 5.32 Å². The van der Waals surface area contributed by atoms with Crippen LogP contribution in [-0.2, 0) is 26.3 Å². The van der Waals surface area contributed by atoms with Gasteiger partial charge in [0.15, 0.2) is 5.82 Å². The summed E-state index contributed by atoms with van der Waals surface area (Å²) in [5, 5.41) is 7.26. The fraction of sp³-hybridized carbons (Fsp3) is 0.792. The van der Waals surface area contributed by atoms with Crippen LogP contribution in [0.1, 0.15) is 83.9 Å². The van der Waals surface area contributed by atoms with Crippen LogP contribution in [0.15, 0.2) is 4.52 Å². The summed E-state index contributed by atoms with van der Waals surface area (Å²) in [6, 6.07) is 0. The van der Waals surface area contributed by atoms with Gasteiger partial charge in [-0.05, 0) is 25.2 Å². The van der Waals surface area contributed by atoms with Crippen molar-refractivity contribution in [2.75, 3.05) is 32.8 Å². The van der Waals surface area contributed by atoms with E-state index >= 15 is 0 Å². The van der Waals surface area contributed by atoms with Gasteiger partial charge in [0.1, 0.15) is 5.54 Å². The number of carbonyl (C=O) groups is 3. The smallest absolute Gasteiger partial charge is 0.409 e. The van der Waals surface area contributed by atoms with E-state index in [-0.39, 0.29) is 30.2 Å². The highest BCUT2D eigenvalue weighted by atomic mass is 16.6. The maximum Gasteiger partial charge on any atom is 0.409 e. The maximum absolute atomic E-state index is 12.8. The summed E-state index contributed by atoms with van der Waals surface area (Å²) < 4.78 is 10.8. The zero-order valence-corrected chi connectivity index (χ0v) is 20.8. The predicted octanol–water partition coefficient (Wildman–Crippen LogP) is 3.01. The Kier molecular flexibility index (Phi) is 9.29. The predicted molar refractivity (Wildman–Crippen MR) is 125 cm³/mol. The van der Waals surface area contributed by atoms with Crippen molar-refractivity contribution in [3.05, 3.63) is 11.7 Å². The van der Waals surface area contributed by atoms with Gasteiger partial charge in [0.2, 0.25) is 17.7 Å². The van der Waals surface area contributed by atoms with Crippen molar-refractivity contribution in [1.82, 2.24) is 25.3 Å². The summed E-state index contributed by atoms with van der Waals surface area (Å²) in [5.41, 5.74) is -0.591. The van der Waals surface area contributed by atoms with Crippen LogP contribution in [0, 0.1) is 5.92 Å². The first kappa shape index (κ1) is 26.0. The minimum absolute atomic E-state index is 0.00295. The third-order valence-electron chi connectivity index (χ3n) is 6.47. The molecule has 34 heavy (non-hydrogen) atoms. The molecule has 1 aromatic rings. The van der Waals surface area contributed by atoms with Gasteiger partial charge in [-0.1, -0.05) is 44.7 Å². The van der Waals surface area contributed by atoms with Crippen LogP contribution in [0.25, 0.3) is 0 Å². The molecule has 3 amide bonds. The van der Waals surface area contributed by atoms with E-state index in [0.29, 0.717) is 57.3 Å². The van der Waals surface area contributed by atoms with Gasteiger partial charge in [0.05, 0.1) is 6.61 Å². The second kappa shape index (κ2) is 12.2. The number of nitrogens with one attached hydrogen (secondary N) is 1. The van der Waals surface area contributed by atoms with E-state index in [1.54, 1.807) is 9.80 Å². The van der Waals surface area contributed by atoms with E-state index in [1.807, 2.05) is 13.8 Å². The molecule has 0 bridgehead atoms. The van der Waals surface area contributed by atoms with Gasteiger partial charge in [-0.3, -0.25) is 9.59 Å². The van der Waals surface area contributed by atoms with E-state index in [0.717, 1.165) is 38.5 Å². The molecular weight excluding hydrogens is 438 g/mol. The molecule has 3 rings (SSSR count). The topological polar surface area (TPSA) is 118 Å². The van der Waals surface area contributed by atoms with Crippen LogP contribution in [0.5, 0.6) is 0 Å². The number of rotatable bonds is 7. The minimum atomic E-state index is -0.591. The zero-order valence-electron chi connectivity index (χ0n) is 20.8. The number of aromatic nitrogens is 2. The van der Waals surface area contributed by atoms with Crippen molar-refractivity contribution >= 4 is 17.9 Å². The van der Waals surface area contributed by atoms with Crippen LogP contribution in [0.4, 0.5) is 4.79 Å². The molecule has 1 saturated heterocycles. The number of nitrogens with zero attached hydrogens (tertiary/aromatic N) is 4. The fourth-order valence-corrected chi connectivity index (χ4v) is 4.68. The average Bonchev–Trinajstić information content (AvgIpc) is 2.98. The molecule has 0 spiro atoms. The highest BCUT2D eigenvalue weighted by Gasteiger charge is 2.38. The Morgan fingerprint density at radius 3 is 2.38 bits per heavy atom. The molecular formula is C24H39N5O5. The Hall–Kier alpha value is -2.65. The molecule has 1 aliphatic heterocycles. The van der Waals surface area contributed by atoms with Crippen molar-refractivity contribution in [2.24, 2.45) is 5.92 Å². The summed E-state index contributed by atoms with van der Waals surface area (Å²) in [7, 11) is 0. The van der Waals surface area contributed by atoms with Gasteiger partial charge in [-0.25, -0.2) is 4.79 Å². The minimum Gasteiger partial charge on any atom is -0.449 e. The zero-order chi connectivity index (χ0) is 24.6. The average molecular weight is 478 g/mol. The molecule has 1 N–H and O–H groups in total. The van der Waals surface area contributed by atoms with Gasteiger partial charge in [0.25, 0.3) is 0 Å². The quantitative estimate of drug-likeness (QED) is 0.600. The van der Waals surface area contributed by atoms with Gasteiger partial charge < -0.3 is 24.4 Å². The number of aryl methyl sites for hydroxylation is 1. The Balaban J connectivity index is 1.53. The molecule has 10 nitrogen and oxygen atoms in total. The molecule has 1 saturated carbocycles. The Labute approximate surface area is 201 Å². The van der Waals surface area contributed by atoms with Gasteiger partial charge >= 0.3 is 6.09 Å². The van der Waals surface area contributed by atoms with Gasteiger partial charge in [0, 0.05) is 45.9 Å². The van der Waals surface area contributed by atoms with Crippen LogP contribution in [0.2, 0.25) is 0 Å². The molecule has 190 valence electrons. The normalized spacial score (nSPS) is 18.8. The molecule has 2 fully saturated rings. The SMILES string of the molecule is CC(=O)NC1(c2noc(CCC(=O)N3CCCN(C(=O)OCC(C)C)CC3)n2)CCCCCC1. The number of hydrogen-bond acceptors (Lipinski definition) is 7. The first-order valence-electron chi connectivity index (χ1n) is 12.6. The second-order valence-corrected chi connectivity index (χ2v) is 9.88. The lowest BCUT2D eigenvalue weighted by atomic mass is 9.89. The van der Waals surface area contributed by atoms with E-state index < -0.39 is 5.54 Å². The largest absolute Gasteiger partial charge is 0.449 e. The summed E-state index contributed by atoms with van der Waals surface area (Å²) in [4.78, 5) is 45.0. The van der Waals surface area contributed by atoms with Gasteiger partial charge in [-0.2, -0.15) is 4.98 Å². The summed E-state index contributed by atoms with van der Waals surface area (Å²) >= 11 is 0. The second-order valence-electron chi connectivity index (χ2n) is 9.88. The summed E-state index contributed by atoms with van der Waals surface area (Å²) in [6.07, 6.45) is 6.83. The lowest BCUT2D eigenvalue weighted by Gasteiger charge is -2.30. The molecule has 2 heterocycles. The van der Waals surface area contributed by atoms with Crippen molar-refractivity contribution < 1.29 is 23.6 Å². The molecule has 0 atom stereocenters. The van der Waals surface area contributed by atoms with Crippen molar-refractivity contribution in [3.8, 4) is 0 Å². The number of hydrogen-bond donors (Lipinski definition) is 1. The maximum atomic E-state index is 12.8. The van der Waals surface area contributed by atoms with Crippen molar-refractivity contribution in [2.45, 2.75) is 84.1 Å². The van der Waals surface area contributed by atoms with E-state index in [2.05, 4.69) is 15.5 Å². The third-order valence-corrected chi connectivity index (χ3v) is 6.47. The standard InChI is InChI=1S/C24H39N5O5/c1-18(2)17-33-23(32)29-14-8-13-28(15-16-29)21(31)10-9-20-25-22(27-34-20)24(26-19(3)30)11-6-4-5-7-12-24/h18H,4-17H2,1-3H3,(H,26,30). The van der Waals surface area contributed by atoms with Gasteiger partial charge in [-0.15, -0.1) is 0 Å². The Bertz CT molecular complexity index is 831. The summed E-state index contributed by atoms with van der Waals surface area (Å²) in [5.74, 6) is 1.10. The summed E-state index contributed by atoms with van der Waals surface area (Å²) in [6.45, 7) is 8.04. The Morgan fingerprint density at radius 2 is 1.71 bits per heavy atom. The monoisotopic (exact) mass is 477 g/mol. The lowest BCUT2D eigenvalue weighted by Crippen LogP contribution is -2.45. The fourth-order valence-electron chi connectivity index (χ4n) is 4.68. The van der Waals surface area contributed by atoms with E-state index in [9.17, 15) is 14.4 Å². The van der Waals surface area contributed by atoms with Crippen molar-refractivity contribution in [3.63, 3.8) is 0 Å². The molecule has 0 radical (unpaired) electrons. The van der Waals surface area contributed by atoms with Crippen LogP contribution >= 0.6 is 0 Å². The number of carbonyl (C=O) groups excluding carboxylic acids is 3. The highest BCUT2D eigenvalue weighted by Crippen LogP contribution is 2.34. The van der Waals surface area contributed by atoms with Crippen LogP contribution in [0.3, 0.4) is 0 Å². The molecule has 2 aliphatic rings. The first-order valence-corrected chi connectivity index (χ1v) is 12.6. The van der Waals surface area contributed by atoms with E-state index in [1.165, 1.54) is 6.92 Å². The lowest BCUT2D eigenvalue weighted by molar-refractivity contribution is -0.131. The number of amides is 3. The highest BCUT2D eigenvalue weighted by molar-refractivity contribution is 5.76. The Morgan fingerprint density at radius 1 is 1.03 bits per heavy atom. The molecule has 0 aromatic carbocycles. The molecule has 0 unspecified atom stereocenters. The van der Waals surface area contributed by atoms with Crippen LogP contribution in [-0.4, -0.2) is 70.6 Å². The molecule has 1 aromatic heterocycles. The number of ether oxygens (including phenoxy) is 1.